The van der Waals surface area contributed by atoms with Crippen LogP contribution in [0.5, 0.6) is 5.75 Å². The van der Waals surface area contributed by atoms with Crippen LogP contribution in [0.4, 0.5) is 0 Å². The van der Waals surface area contributed by atoms with Crippen molar-refractivity contribution in [1.82, 2.24) is 15.0 Å². The van der Waals surface area contributed by atoms with Gasteiger partial charge in [-0.15, -0.1) is 5.10 Å². The fourth-order valence-corrected chi connectivity index (χ4v) is 1.96. The molecule has 1 heterocycles. The number of methoxy groups -OCH3 is 1. The Bertz CT molecular complexity index is 516. The van der Waals surface area contributed by atoms with Crippen LogP contribution in [0.1, 0.15) is 31.2 Å². The van der Waals surface area contributed by atoms with E-state index in [0.29, 0.717) is 12.5 Å². The van der Waals surface area contributed by atoms with E-state index in [1.807, 2.05) is 28.9 Å². The van der Waals surface area contributed by atoms with Gasteiger partial charge >= 0.3 is 0 Å². The summed E-state index contributed by atoms with van der Waals surface area (Å²) in [5, 5.41) is 8.31. The van der Waals surface area contributed by atoms with Crippen molar-refractivity contribution in [3.8, 4) is 11.4 Å². The number of aromatic nitrogens is 3. The van der Waals surface area contributed by atoms with Crippen molar-refractivity contribution in [3.63, 3.8) is 0 Å². The molecule has 0 fully saturated rings. The minimum atomic E-state index is 0.320. The molecule has 96 valence electrons. The maximum Gasteiger partial charge on any atom is 0.119 e. The van der Waals surface area contributed by atoms with Crippen molar-refractivity contribution < 1.29 is 4.74 Å². The van der Waals surface area contributed by atoms with E-state index in [4.69, 9.17) is 10.5 Å². The second-order valence-electron chi connectivity index (χ2n) is 4.39. The van der Waals surface area contributed by atoms with Gasteiger partial charge in [-0.3, -0.25) is 0 Å². The summed E-state index contributed by atoms with van der Waals surface area (Å²) in [5.74, 6) is 1.14. The van der Waals surface area contributed by atoms with E-state index in [0.717, 1.165) is 22.8 Å². The molecule has 0 radical (unpaired) electrons. The molecule has 0 bridgehead atoms. The van der Waals surface area contributed by atoms with Crippen molar-refractivity contribution in [2.75, 3.05) is 7.11 Å². The lowest BCUT2D eigenvalue weighted by Gasteiger charge is -2.10. The molecule has 0 saturated carbocycles. The third-order valence-electron chi connectivity index (χ3n) is 2.84. The van der Waals surface area contributed by atoms with Crippen LogP contribution in [-0.4, -0.2) is 22.1 Å². The zero-order valence-electron chi connectivity index (χ0n) is 10.9. The third kappa shape index (κ3) is 2.22. The highest BCUT2D eigenvalue weighted by atomic mass is 16.5. The van der Waals surface area contributed by atoms with Crippen LogP contribution >= 0.6 is 0 Å². The fraction of sp³-hybridized carbons (Fsp3) is 0.385. The summed E-state index contributed by atoms with van der Waals surface area (Å²) >= 11 is 0. The molecule has 0 unspecified atom stereocenters. The SMILES string of the molecule is COc1ccc(-n2nnc(CN)c2C(C)C)cc1. The number of hydrogen-bond donors (Lipinski definition) is 1. The number of hydrogen-bond acceptors (Lipinski definition) is 4. The second-order valence-corrected chi connectivity index (χ2v) is 4.39. The number of benzene rings is 1. The van der Waals surface area contributed by atoms with Crippen molar-refractivity contribution >= 4 is 0 Å². The normalized spacial score (nSPS) is 10.9. The number of rotatable bonds is 4. The molecule has 0 amide bonds. The predicted molar refractivity (Wildman–Crippen MR) is 69.9 cm³/mol. The van der Waals surface area contributed by atoms with Crippen LogP contribution in [0.3, 0.4) is 0 Å². The molecule has 2 aromatic rings. The highest BCUT2D eigenvalue weighted by Crippen LogP contribution is 2.22. The molecule has 5 heteroatoms. The van der Waals surface area contributed by atoms with Crippen LogP contribution in [0.2, 0.25) is 0 Å². The second kappa shape index (κ2) is 5.18. The zero-order valence-corrected chi connectivity index (χ0v) is 10.9. The minimum absolute atomic E-state index is 0.320. The molecule has 1 aromatic carbocycles. The number of ether oxygens (including phenoxy) is 1. The topological polar surface area (TPSA) is 66.0 Å². The first-order valence-corrected chi connectivity index (χ1v) is 5.96. The minimum Gasteiger partial charge on any atom is -0.497 e. The van der Waals surface area contributed by atoms with Gasteiger partial charge in [-0.1, -0.05) is 19.1 Å². The molecule has 1 aromatic heterocycles. The molecule has 2 N–H and O–H groups in total. The van der Waals surface area contributed by atoms with Crippen LogP contribution in [0.15, 0.2) is 24.3 Å². The average molecular weight is 246 g/mol. The van der Waals surface area contributed by atoms with Gasteiger partial charge in [0.05, 0.1) is 18.5 Å². The first-order valence-electron chi connectivity index (χ1n) is 5.96. The lowest BCUT2D eigenvalue weighted by Crippen LogP contribution is -2.07. The maximum absolute atomic E-state index is 5.69. The first kappa shape index (κ1) is 12.6. The summed E-state index contributed by atoms with van der Waals surface area (Å²) in [5.41, 5.74) is 8.56. The summed E-state index contributed by atoms with van der Waals surface area (Å²) < 4.78 is 6.98. The van der Waals surface area contributed by atoms with Gasteiger partial charge in [-0.05, 0) is 30.2 Å². The van der Waals surface area contributed by atoms with Crippen LogP contribution in [-0.2, 0) is 6.54 Å². The number of nitrogens with two attached hydrogens (primary N) is 1. The molecule has 2 rings (SSSR count). The molecule has 0 saturated heterocycles. The fourth-order valence-electron chi connectivity index (χ4n) is 1.96. The van der Waals surface area contributed by atoms with E-state index in [-0.39, 0.29) is 0 Å². The highest BCUT2D eigenvalue weighted by Gasteiger charge is 2.16. The van der Waals surface area contributed by atoms with E-state index < -0.39 is 0 Å². The van der Waals surface area contributed by atoms with E-state index in [9.17, 15) is 0 Å². The molecule has 5 nitrogen and oxygen atoms in total. The van der Waals surface area contributed by atoms with Gasteiger partial charge in [0.25, 0.3) is 0 Å². The Morgan fingerprint density at radius 1 is 1.28 bits per heavy atom. The molecule has 0 aliphatic heterocycles. The predicted octanol–water partition coefficient (Wildman–Crippen LogP) is 1.86. The van der Waals surface area contributed by atoms with E-state index in [2.05, 4.69) is 24.2 Å². The van der Waals surface area contributed by atoms with Crippen molar-refractivity contribution in [3.05, 3.63) is 35.7 Å². The summed E-state index contributed by atoms with van der Waals surface area (Å²) in [6, 6.07) is 7.73. The quantitative estimate of drug-likeness (QED) is 0.894. The Morgan fingerprint density at radius 2 is 1.94 bits per heavy atom. The first-order chi connectivity index (χ1) is 8.67. The maximum atomic E-state index is 5.69. The van der Waals surface area contributed by atoms with Crippen LogP contribution < -0.4 is 10.5 Å². The van der Waals surface area contributed by atoms with Gasteiger partial charge in [0.15, 0.2) is 0 Å². The molecular weight excluding hydrogens is 228 g/mol. The van der Waals surface area contributed by atoms with Crippen LogP contribution in [0, 0.1) is 0 Å². The highest BCUT2D eigenvalue weighted by molar-refractivity contribution is 5.38. The molecular formula is C13H18N4O. The summed E-state index contributed by atoms with van der Waals surface area (Å²) in [6.07, 6.45) is 0. The summed E-state index contributed by atoms with van der Waals surface area (Å²) in [7, 11) is 1.65. The van der Waals surface area contributed by atoms with Crippen molar-refractivity contribution in [1.29, 1.82) is 0 Å². The molecule has 0 atom stereocenters. The molecule has 18 heavy (non-hydrogen) atoms. The van der Waals surface area contributed by atoms with Gasteiger partial charge < -0.3 is 10.5 Å². The molecule has 0 spiro atoms. The Labute approximate surface area is 107 Å². The zero-order chi connectivity index (χ0) is 13.1. The van der Waals surface area contributed by atoms with Gasteiger partial charge in [0.1, 0.15) is 11.4 Å². The van der Waals surface area contributed by atoms with Crippen LogP contribution in [0.25, 0.3) is 5.69 Å². The monoisotopic (exact) mass is 246 g/mol. The smallest absolute Gasteiger partial charge is 0.119 e. The average Bonchev–Trinajstić information content (AvgIpc) is 2.82. The number of nitrogens with zero attached hydrogens (tertiary/aromatic N) is 3. The molecule has 0 aliphatic rings. The largest absolute Gasteiger partial charge is 0.497 e. The Balaban J connectivity index is 2.46. The van der Waals surface area contributed by atoms with Crippen molar-refractivity contribution in [2.24, 2.45) is 5.73 Å². The van der Waals surface area contributed by atoms with Gasteiger partial charge in [0, 0.05) is 6.54 Å². The molecule has 0 aliphatic carbocycles. The van der Waals surface area contributed by atoms with E-state index >= 15 is 0 Å². The summed E-state index contributed by atoms with van der Waals surface area (Å²) in [4.78, 5) is 0. The van der Waals surface area contributed by atoms with E-state index in [1.54, 1.807) is 7.11 Å². The summed E-state index contributed by atoms with van der Waals surface area (Å²) in [6.45, 7) is 4.62. The third-order valence-corrected chi connectivity index (χ3v) is 2.84. The lowest BCUT2D eigenvalue weighted by atomic mass is 10.1. The lowest BCUT2D eigenvalue weighted by molar-refractivity contribution is 0.414. The Morgan fingerprint density at radius 3 is 2.44 bits per heavy atom. The van der Waals surface area contributed by atoms with Crippen molar-refractivity contribution in [2.45, 2.75) is 26.3 Å². The van der Waals surface area contributed by atoms with Gasteiger partial charge in [-0.25, -0.2) is 4.68 Å². The Hall–Kier alpha value is -1.88. The standard InChI is InChI=1S/C13H18N4O/c1-9(2)13-12(8-14)15-16-17(13)10-4-6-11(18-3)7-5-10/h4-7,9H,8,14H2,1-3H3. The van der Waals surface area contributed by atoms with Gasteiger partial charge in [0.2, 0.25) is 0 Å². The van der Waals surface area contributed by atoms with Gasteiger partial charge in [-0.2, -0.15) is 0 Å². The Kier molecular flexibility index (Phi) is 3.62. The van der Waals surface area contributed by atoms with E-state index in [1.165, 1.54) is 0 Å².